The fraction of sp³-hybridized carbons (Fsp3) is 0.520. The van der Waals surface area contributed by atoms with E-state index in [1.165, 1.54) is 13.2 Å². The van der Waals surface area contributed by atoms with Gasteiger partial charge in [0, 0.05) is 18.2 Å². The smallest absolute Gasteiger partial charge is 0.330 e. The first-order chi connectivity index (χ1) is 14.9. The number of likely N-dealkylation sites (tertiary alicyclic amines) is 1. The van der Waals surface area contributed by atoms with Crippen LogP contribution in [-0.2, 0) is 18.8 Å². The summed E-state index contributed by atoms with van der Waals surface area (Å²) in [5, 5.41) is 0.0429. The second kappa shape index (κ2) is 10.4. The van der Waals surface area contributed by atoms with Gasteiger partial charge in [0.1, 0.15) is 11.8 Å². The van der Waals surface area contributed by atoms with Gasteiger partial charge in [-0.15, -0.1) is 0 Å². The summed E-state index contributed by atoms with van der Waals surface area (Å²) < 4.78 is 16.3. The van der Waals surface area contributed by atoms with Gasteiger partial charge in [-0.25, -0.2) is 4.79 Å². The summed E-state index contributed by atoms with van der Waals surface area (Å²) >= 11 is 0. The van der Waals surface area contributed by atoms with E-state index >= 15 is 0 Å². The van der Waals surface area contributed by atoms with Crippen molar-refractivity contribution in [3.05, 3.63) is 42.0 Å². The van der Waals surface area contributed by atoms with Crippen LogP contribution in [0, 0.1) is 17.8 Å². The predicted octanol–water partition coefficient (Wildman–Crippen LogP) is 4.01. The van der Waals surface area contributed by atoms with E-state index in [0.717, 1.165) is 11.3 Å². The number of ether oxygens (including phenoxy) is 2. The van der Waals surface area contributed by atoms with Crippen LogP contribution in [0.15, 0.2) is 36.4 Å². The van der Waals surface area contributed by atoms with Crippen LogP contribution in [-0.4, -0.2) is 58.0 Å². The lowest BCUT2D eigenvalue weighted by Gasteiger charge is -2.49. The Kier molecular flexibility index (Phi) is 8.33. The summed E-state index contributed by atoms with van der Waals surface area (Å²) in [5.74, 6) is 6.39. The first-order valence-corrected chi connectivity index (χ1v) is 13.7. The lowest BCUT2D eigenvalue weighted by Crippen LogP contribution is -2.65. The van der Waals surface area contributed by atoms with Crippen molar-refractivity contribution in [2.75, 3.05) is 20.8 Å². The van der Waals surface area contributed by atoms with Gasteiger partial charge in [0.25, 0.3) is 0 Å². The summed E-state index contributed by atoms with van der Waals surface area (Å²) in [5.41, 5.74) is 0.840. The summed E-state index contributed by atoms with van der Waals surface area (Å²) in [7, 11) is 0.895. The van der Waals surface area contributed by atoms with Crippen LogP contribution in [0.2, 0.25) is 18.1 Å². The van der Waals surface area contributed by atoms with Crippen LogP contribution in [0.5, 0.6) is 5.75 Å². The fourth-order valence-electron chi connectivity index (χ4n) is 3.28. The van der Waals surface area contributed by atoms with E-state index in [9.17, 15) is 9.59 Å². The van der Waals surface area contributed by atoms with Crippen molar-refractivity contribution < 1.29 is 23.5 Å². The Balaban J connectivity index is 2.25. The van der Waals surface area contributed by atoms with E-state index in [-0.39, 0.29) is 29.0 Å². The van der Waals surface area contributed by atoms with Gasteiger partial charge >= 0.3 is 5.97 Å². The number of β-lactam (4-membered cyclic amide) rings is 1. The zero-order valence-electron chi connectivity index (χ0n) is 20.4. The number of hydrogen-bond donors (Lipinski definition) is 0. The molecule has 174 valence electrons. The molecule has 1 aliphatic rings. The summed E-state index contributed by atoms with van der Waals surface area (Å²) in [6.07, 6.45) is 2.70. The van der Waals surface area contributed by atoms with Gasteiger partial charge < -0.3 is 18.8 Å². The van der Waals surface area contributed by atoms with Crippen molar-refractivity contribution in [3.63, 3.8) is 0 Å². The Morgan fingerprint density at radius 1 is 1.22 bits per heavy atom. The standard InChI is InChI=1S/C25H35NO5Si/c1-18(31-32(7,8)25(2,3)4)23-21(16-13-19-11-14-20(29-5)15-12-19)26(24(23)28)17-9-10-22(27)30-6/h9-12,14-15,18,21,23H,17H2,1-8H3/b10-9+/t18-,21?,23-/m1/s1. The van der Waals surface area contributed by atoms with Crippen molar-refractivity contribution >= 4 is 20.2 Å². The lowest BCUT2D eigenvalue weighted by molar-refractivity contribution is -0.157. The zero-order valence-corrected chi connectivity index (χ0v) is 21.4. The molecule has 0 saturated carbocycles. The third-order valence-corrected chi connectivity index (χ3v) is 10.8. The van der Waals surface area contributed by atoms with E-state index < -0.39 is 14.3 Å². The Bertz CT molecular complexity index is 905. The topological polar surface area (TPSA) is 65.1 Å². The van der Waals surface area contributed by atoms with E-state index in [1.54, 1.807) is 18.1 Å². The molecular formula is C25H35NO5Si. The molecule has 2 rings (SSSR count). The molecule has 1 unspecified atom stereocenters. The van der Waals surface area contributed by atoms with Crippen molar-refractivity contribution in [3.8, 4) is 17.6 Å². The summed E-state index contributed by atoms with van der Waals surface area (Å²) in [6.45, 7) is 13.2. The Morgan fingerprint density at radius 3 is 2.38 bits per heavy atom. The molecule has 0 N–H and O–H groups in total. The minimum absolute atomic E-state index is 0.0141. The fourth-order valence-corrected chi connectivity index (χ4v) is 4.71. The van der Waals surface area contributed by atoms with Crippen LogP contribution >= 0.6 is 0 Å². The molecule has 1 fully saturated rings. The SMILES string of the molecule is COC(=O)/C=C/CN1C(=O)[C@H]([C@@H](C)O[Si](C)(C)C(C)(C)C)C1C#Cc1ccc(OC)cc1. The average Bonchev–Trinajstić information content (AvgIpc) is 2.72. The third kappa shape index (κ3) is 6.02. The highest BCUT2D eigenvalue weighted by Gasteiger charge is 2.51. The molecule has 0 aliphatic carbocycles. The highest BCUT2D eigenvalue weighted by Crippen LogP contribution is 2.40. The van der Waals surface area contributed by atoms with E-state index in [2.05, 4.69) is 50.4 Å². The number of methoxy groups -OCH3 is 2. The van der Waals surface area contributed by atoms with Gasteiger partial charge in [-0.3, -0.25) is 4.79 Å². The molecule has 0 aromatic heterocycles. The van der Waals surface area contributed by atoms with Crippen LogP contribution in [0.3, 0.4) is 0 Å². The van der Waals surface area contributed by atoms with Gasteiger partial charge in [0.05, 0.1) is 26.2 Å². The highest BCUT2D eigenvalue weighted by atomic mass is 28.4. The second-order valence-corrected chi connectivity index (χ2v) is 14.2. The number of carbonyl (C=O) groups is 2. The van der Waals surface area contributed by atoms with Gasteiger partial charge in [0.15, 0.2) is 8.32 Å². The minimum Gasteiger partial charge on any atom is -0.497 e. The second-order valence-electron chi connectivity index (χ2n) is 9.47. The molecule has 1 heterocycles. The quantitative estimate of drug-likeness (QED) is 0.203. The first kappa shape index (κ1) is 25.7. The lowest BCUT2D eigenvalue weighted by atomic mass is 9.83. The van der Waals surface area contributed by atoms with Gasteiger partial charge in [-0.1, -0.05) is 38.7 Å². The summed E-state index contributed by atoms with van der Waals surface area (Å²) in [6, 6.07) is 7.18. The average molecular weight is 458 g/mol. The molecule has 7 heteroatoms. The van der Waals surface area contributed by atoms with Crippen molar-refractivity contribution in [1.29, 1.82) is 0 Å². The number of rotatable bonds is 7. The molecule has 1 saturated heterocycles. The molecule has 1 aliphatic heterocycles. The van der Waals surface area contributed by atoms with Crippen LogP contribution in [0.1, 0.15) is 33.3 Å². The number of hydrogen-bond acceptors (Lipinski definition) is 5. The maximum absolute atomic E-state index is 13.0. The van der Waals surface area contributed by atoms with Crippen molar-refractivity contribution in [2.45, 2.75) is 58.0 Å². The molecule has 3 atom stereocenters. The highest BCUT2D eigenvalue weighted by molar-refractivity contribution is 6.74. The number of esters is 1. The molecule has 1 aromatic rings. The van der Waals surface area contributed by atoms with Crippen LogP contribution in [0.4, 0.5) is 0 Å². The van der Waals surface area contributed by atoms with Crippen molar-refractivity contribution in [1.82, 2.24) is 4.90 Å². The molecule has 32 heavy (non-hydrogen) atoms. The first-order valence-electron chi connectivity index (χ1n) is 10.8. The molecule has 1 amide bonds. The monoisotopic (exact) mass is 457 g/mol. The predicted molar refractivity (Wildman–Crippen MR) is 128 cm³/mol. The number of nitrogens with zero attached hydrogens (tertiary/aromatic N) is 1. The Morgan fingerprint density at radius 2 is 1.84 bits per heavy atom. The molecule has 0 spiro atoms. The van der Waals surface area contributed by atoms with Gasteiger partial charge in [0.2, 0.25) is 5.91 Å². The molecule has 6 nitrogen and oxygen atoms in total. The molecular weight excluding hydrogens is 422 g/mol. The number of amides is 1. The normalized spacial score (nSPS) is 19.8. The molecule has 0 bridgehead atoms. The number of carbonyl (C=O) groups excluding carboxylic acids is 2. The van der Waals surface area contributed by atoms with E-state index in [1.807, 2.05) is 31.2 Å². The maximum Gasteiger partial charge on any atom is 0.330 e. The van der Waals surface area contributed by atoms with Crippen LogP contribution < -0.4 is 4.74 Å². The Hall–Kier alpha value is -2.56. The van der Waals surface area contributed by atoms with Gasteiger partial charge in [-0.2, -0.15) is 0 Å². The third-order valence-electron chi connectivity index (χ3n) is 6.25. The zero-order chi connectivity index (χ0) is 24.1. The van der Waals surface area contributed by atoms with Gasteiger partial charge in [-0.05, 0) is 49.3 Å². The van der Waals surface area contributed by atoms with Crippen LogP contribution in [0.25, 0.3) is 0 Å². The van der Waals surface area contributed by atoms with E-state index in [4.69, 9.17) is 9.16 Å². The maximum atomic E-state index is 13.0. The molecule has 0 radical (unpaired) electrons. The molecule has 1 aromatic carbocycles. The van der Waals surface area contributed by atoms with E-state index in [0.29, 0.717) is 6.54 Å². The summed E-state index contributed by atoms with van der Waals surface area (Å²) in [4.78, 5) is 26.1. The van der Waals surface area contributed by atoms with Crippen molar-refractivity contribution in [2.24, 2.45) is 5.92 Å². The minimum atomic E-state index is -2.05. The number of benzene rings is 1. The largest absolute Gasteiger partial charge is 0.497 e. The Labute approximate surface area is 193 Å².